The predicted molar refractivity (Wildman–Crippen MR) is 43.0 cm³/mol. The molecule has 1 aliphatic heterocycles. The highest BCUT2D eigenvalue weighted by Gasteiger charge is 2.20. The largest absolute Gasteiger partial charge is 0.381 e. The van der Waals surface area contributed by atoms with E-state index >= 15 is 0 Å². The molecule has 1 heteroatoms. The fourth-order valence-corrected chi connectivity index (χ4v) is 1.09. The third kappa shape index (κ3) is 2.70. The van der Waals surface area contributed by atoms with Crippen LogP contribution in [-0.2, 0) is 4.74 Å². The molecule has 0 aromatic rings. The molecule has 10 heavy (non-hydrogen) atoms. The Kier molecular flexibility index (Phi) is 2.35. The molecule has 1 aliphatic rings. The Morgan fingerprint density at radius 3 is 2.20 bits per heavy atom. The van der Waals surface area contributed by atoms with E-state index in [9.17, 15) is 0 Å². The molecule has 0 radical (unpaired) electrons. The maximum Gasteiger partial charge on any atom is 0.0516 e. The van der Waals surface area contributed by atoms with Gasteiger partial charge in [-0.05, 0) is 18.3 Å². The molecule has 0 atom stereocenters. The van der Waals surface area contributed by atoms with Gasteiger partial charge in [-0.2, -0.15) is 0 Å². The van der Waals surface area contributed by atoms with Gasteiger partial charge in [-0.1, -0.05) is 20.8 Å². The van der Waals surface area contributed by atoms with Gasteiger partial charge < -0.3 is 4.74 Å². The first kappa shape index (κ1) is 8.06. The van der Waals surface area contributed by atoms with Crippen molar-refractivity contribution in [2.45, 2.75) is 33.6 Å². The van der Waals surface area contributed by atoms with E-state index in [4.69, 9.17) is 4.74 Å². The summed E-state index contributed by atoms with van der Waals surface area (Å²) in [4.78, 5) is 0. The van der Waals surface area contributed by atoms with Crippen LogP contribution in [-0.4, -0.2) is 13.2 Å². The number of ether oxygens (including phenoxy) is 1. The summed E-state index contributed by atoms with van der Waals surface area (Å²) in [7, 11) is 0. The predicted octanol–water partition coefficient (Wildman–Crippen LogP) is 2.46. The second kappa shape index (κ2) is 2.91. The summed E-state index contributed by atoms with van der Waals surface area (Å²) in [6.45, 7) is 8.91. The van der Waals surface area contributed by atoms with Crippen molar-refractivity contribution >= 4 is 0 Å². The minimum Gasteiger partial charge on any atom is -0.381 e. The second-order valence-electron chi connectivity index (χ2n) is 4.50. The standard InChI is InChI=1S/C9H18O/c1-9(2,3)5-4-8-6-10-7-8/h8H,4-7H2,1-3H3. The lowest BCUT2D eigenvalue weighted by atomic mass is 9.86. The molecule has 1 saturated heterocycles. The van der Waals surface area contributed by atoms with Gasteiger partial charge in [-0.15, -0.1) is 0 Å². The fraction of sp³-hybridized carbons (Fsp3) is 1.00. The molecule has 1 rings (SSSR count). The van der Waals surface area contributed by atoms with Crippen LogP contribution in [0.5, 0.6) is 0 Å². The minimum atomic E-state index is 0.510. The van der Waals surface area contributed by atoms with E-state index in [2.05, 4.69) is 20.8 Å². The first-order valence-corrected chi connectivity index (χ1v) is 4.16. The molecule has 0 spiro atoms. The average molecular weight is 142 g/mol. The zero-order valence-electron chi connectivity index (χ0n) is 7.31. The Morgan fingerprint density at radius 2 is 1.90 bits per heavy atom. The van der Waals surface area contributed by atoms with Crippen LogP contribution in [0.3, 0.4) is 0 Å². The van der Waals surface area contributed by atoms with Crippen molar-refractivity contribution in [2.24, 2.45) is 11.3 Å². The third-order valence-electron chi connectivity index (χ3n) is 2.01. The zero-order valence-corrected chi connectivity index (χ0v) is 7.31. The van der Waals surface area contributed by atoms with Gasteiger partial charge >= 0.3 is 0 Å². The smallest absolute Gasteiger partial charge is 0.0516 e. The third-order valence-corrected chi connectivity index (χ3v) is 2.01. The molecule has 0 bridgehead atoms. The van der Waals surface area contributed by atoms with Crippen molar-refractivity contribution in [2.75, 3.05) is 13.2 Å². The summed E-state index contributed by atoms with van der Waals surface area (Å²) in [5, 5.41) is 0. The summed E-state index contributed by atoms with van der Waals surface area (Å²) >= 11 is 0. The van der Waals surface area contributed by atoms with E-state index in [1.54, 1.807) is 0 Å². The van der Waals surface area contributed by atoms with E-state index in [0.717, 1.165) is 19.1 Å². The van der Waals surface area contributed by atoms with E-state index < -0.39 is 0 Å². The van der Waals surface area contributed by atoms with Crippen molar-refractivity contribution in [3.8, 4) is 0 Å². The molecule has 0 aromatic heterocycles. The first-order chi connectivity index (χ1) is 4.58. The molecular formula is C9H18O. The van der Waals surface area contributed by atoms with Gasteiger partial charge in [0.05, 0.1) is 13.2 Å². The second-order valence-corrected chi connectivity index (χ2v) is 4.50. The number of hydrogen-bond donors (Lipinski definition) is 0. The van der Waals surface area contributed by atoms with Crippen molar-refractivity contribution in [1.82, 2.24) is 0 Å². The van der Waals surface area contributed by atoms with Crippen LogP contribution < -0.4 is 0 Å². The fourth-order valence-electron chi connectivity index (χ4n) is 1.09. The number of rotatable bonds is 2. The summed E-state index contributed by atoms with van der Waals surface area (Å²) in [5.74, 6) is 0.874. The molecule has 0 unspecified atom stereocenters. The highest BCUT2D eigenvalue weighted by Crippen LogP contribution is 2.26. The molecule has 0 aliphatic carbocycles. The monoisotopic (exact) mass is 142 g/mol. The first-order valence-electron chi connectivity index (χ1n) is 4.16. The van der Waals surface area contributed by atoms with Crippen LogP contribution in [0.15, 0.2) is 0 Å². The average Bonchev–Trinajstić information content (AvgIpc) is 1.56. The highest BCUT2D eigenvalue weighted by atomic mass is 16.5. The summed E-state index contributed by atoms with van der Waals surface area (Å²) in [6.07, 6.45) is 2.69. The molecule has 1 nitrogen and oxygen atoms in total. The molecule has 1 heterocycles. The molecule has 0 aromatic carbocycles. The van der Waals surface area contributed by atoms with Gasteiger partial charge in [-0.25, -0.2) is 0 Å². The summed E-state index contributed by atoms with van der Waals surface area (Å²) < 4.78 is 5.10. The van der Waals surface area contributed by atoms with Crippen LogP contribution in [0.25, 0.3) is 0 Å². The Balaban J connectivity index is 2.04. The van der Waals surface area contributed by atoms with E-state index in [-0.39, 0.29) is 0 Å². The molecular weight excluding hydrogens is 124 g/mol. The zero-order chi connectivity index (χ0) is 7.61. The van der Waals surface area contributed by atoms with Crippen molar-refractivity contribution in [1.29, 1.82) is 0 Å². The van der Waals surface area contributed by atoms with Gasteiger partial charge in [0, 0.05) is 5.92 Å². The van der Waals surface area contributed by atoms with Gasteiger partial charge in [0.15, 0.2) is 0 Å². The highest BCUT2D eigenvalue weighted by molar-refractivity contribution is 4.69. The minimum absolute atomic E-state index is 0.510. The van der Waals surface area contributed by atoms with Crippen molar-refractivity contribution < 1.29 is 4.74 Å². The van der Waals surface area contributed by atoms with Crippen molar-refractivity contribution in [3.05, 3.63) is 0 Å². The Hall–Kier alpha value is -0.0400. The van der Waals surface area contributed by atoms with Gasteiger partial charge in [0.25, 0.3) is 0 Å². The van der Waals surface area contributed by atoms with E-state index in [1.807, 2.05) is 0 Å². The lowest BCUT2D eigenvalue weighted by Gasteiger charge is -2.28. The Morgan fingerprint density at radius 1 is 1.30 bits per heavy atom. The number of hydrogen-bond acceptors (Lipinski definition) is 1. The van der Waals surface area contributed by atoms with Crippen LogP contribution >= 0.6 is 0 Å². The summed E-state index contributed by atoms with van der Waals surface area (Å²) in [6, 6.07) is 0. The lowest BCUT2D eigenvalue weighted by Crippen LogP contribution is -2.28. The molecule has 0 saturated carbocycles. The van der Waals surface area contributed by atoms with Crippen LogP contribution in [0.4, 0.5) is 0 Å². The normalized spacial score (nSPS) is 20.7. The van der Waals surface area contributed by atoms with Crippen LogP contribution in [0.2, 0.25) is 0 Å². The Bertz CT molecular complexity index is 97.8. The lowest BCUT2D eigenvalue weighted by molar-refractivity contribution is -0.0394. The van der Waals surface area contributed by atoms with Crippen molar-refractivity contribution in [3.63, 3.8) is 0 Å². The quantitative estimate of drug-likeness (QED) is 0.575. The van der Waals surface area contributed by atoms with E-state index in [0.29, 0.717) is 5.41 Å². The summed E-state index contributed by atoms with van der Waals surface area (Å²) in [5.41, 5.74) is 0.510. The van der Waals surface area contributed by atoms with Gasteiger partial charge in [0.1, 0.15) is 0 Å². The maximum absolute atomic E-state index is 5.10. The molecule has 60 valence electrons. The molecule has 1 fully saturated rings. The van der Waals surface area contributed by atoms with Gasteiger partial charge in [-0.3, -0.25) is 0 Å². The Labute approximate surface area is 63.8 Å². The maximum atomic E-state index is 5.10. The molecule has 0 N–H and O–H groups in total. The SMILES string of the molecule is CC(C)(C)CCC1COC1. The van der Waals surface area contributed by atoms with Crippen LogP contribution in [0, 0.1) is 11.3 Å². The topological polar surface area (TPSA) is 9.23 Å². The van der Waals surface area contributed by atoms with Crippen LogP contribution in [0.1, 0.15) is 33.6 Å². The van der Waals surface area contributed by atoms with E-state index in [1.165, 1.54) is 12.8 Å². The van der Waals surface area contributed by atoms with Gasteiger partial charge in [0.2, 0.25) is 0 Å². The molecule has 0 amide bonds.